The van der Waals surface area contributed by atoms with Crippen molar-refractivity contribution in [3.63, 3.8) is 0 Å². The molecule has 0 radical (unpaired) electrons. The second kappa shape index (κ2) is 12.1. The summed E-state index contributed by atoms with van der Waals surface area (Å²) >= 11 is 0. The first-order valence-electron chi connectivity index (χ1n) is 13.3. The number of aromatic nitrogens is 2. The van der Waals surface area contributed by atoms with E-state index in [1.54, 1.807) is 6.20 Å². The maximum Gasteiger partial charge on any atom is 0.224 e. The molecule has 0 aliphatic carbocycles. The number of carbonyl (C=O) groups excluding carboxylic acids is 1. The van der Waals surface area contributed by atoms with E-state index in [4.69, 9.17) is 4.74 Å². The van der Waals surface area contributed by atoms with Crippen molar-refractivity contribution in [1.29, 1.82) is 0 Å². The highest BCUT2D eigenvalue weighted by Gasteiger charge is 2.31. The fourth-order valence-electron chi connectivity index (χ4n) is 5.28. The summed E-state index contributed by atoms with van der Waals surface area (Å²) in [6.45, 7) is 5.85. The zero-order valence-corrected chi connectivity index (χ0v) is 21.5. The first kappa shape index (κ1) is 25.0. The zero-order chi connectivity index (χ0) is 25.5. The number of H-pyrrole nitrogens is 1. The molecular formula is C31H36N4O2. The Morgan fingerprint density at radius 2 is 1.89 bits per heavy atom. The number of rotatable bonds is 10. The number of piperidine rings is 1. The first-order valence-corrected chi connectivity index (χ1v) is 13.3. The molecule has 1 amide bonds. The number of nitrogens with zero attached hydrogens (tertiary/aromatic N) is 2. The number of amides is 1. The van der Waals surface area contributed by atoms with Crippen LogP contribution in [-0.2, 0) is 17.6 Å². The number of pyridine rings is 1. The van der Waals surface area contributed by atoms with Crippen LogP contribution in [0.25, 0.3) is 10.9 Å². The molecule has 192 valence electrons. The zero-order valence-electron chi connectivity index (χ0n) is 21.5. The lowest BCUT2D eigenvalue weighted by molar-refractivity contribution is -0.127. The van der Waals surface area contributed by atoms with Crippen LogP contribution in [-0.4, -0.2) is 53.6 Å². The van der Waals surface area contributed by atoms with Crippen LogP contribution in [0, 0.1) is 18.8 Å². The van der Waals surface area contributed by atoms with Crippen LogP contribution in [0.1, 0.15) is 23.2 Å². The molecule has 6 heteroatoms. The third kappa shape index (κ3) is 6.77. The fraction of sp³-hybridized carbons (Fsp3) is 0.355. The monoisotopic (exact) mass is 496 g/mol. The molecule has 4 aromatic rings. The maximum atomic E-state index is 13.3. The molecule has 6 nitrogen and oxygen atoms in total. The van der Waals surface area contributed by atoms with E-state index < -0.39 is 0 Å². The van der Waals surface area contributed by atoms with Gasteiger partial charge in [-0.05, 0) is 55.5 Å². The number of fused-ring (bicyclic) bond motifs is 1. The molecule has 1 aliphatic rings. The van der Waals surface area contributed by atoms with E-state index in [9.17, 15) is 4.79 Å². The highest BCUT2D eigenvalue weighted by atomic mass is 16.5. The Labute approximate surface area is 219 Å². The molecule has 2 N–H and O–H groups in total. The van der Waals surface area contributed by atoms with Crippen LogP contribution in [0.2, 0.25) is 0 Å². The Balaban J connectivity index is 1.18. The SMILES string of the molecule is Cc1ccc(OC[C@H]2C[C@@H](C(=O)NCCc3c[nH]c4ccccc34)CN(CCc3ccccc3)C2)cn1. The van der Waals surface area contributed by atoms with Crippen molar-refractivity contribution in [2.24, 2.45) is 11.8 Å². The van der Waals surface area contributed by atoms with Crippen molar-refractivity contribution in [2.45, 2.75) is 26.2 Å². The molecular weight excluding hydrogens is 460 g/mol. The topological polar surface area (TPSA) is 70.2 Å². The Kier molecular flexibility index (Phi) is 8.16. The second-order valence-corrected chi connectivity index (χ2v) is 10.1. The van der Waals surface area contributed by atoms with Crippen molar-refractivity contribution in [1.82, 2.24) is 20.2 Å². The Morgan fingerprint density at radius 3 is 2.73 bits per heavy atom. The summed E-state index contributed by atoms with van der Waals surface area (Å²) in [6.07, 6.45) is 6.45. The third-order valence-electron chi connectivity index (χ3n) is 7.28. The molecule has 0 bridgehead atoms. The summed E-state index contributed by atoms with van der Waals surface area (Å²) in [5.41, 5.74) is 4.67. The summed E-state index contributed by atoms with van der Waals surface area (Å²) in [7, 11) is 0. The van der Waals surface area contributed by atoms with Gasteiger partial charge in [-0.1, -0.05) is 48.5 Å². The van der Waals surface area contributed by atoms with Crippen LogP contribution in [0.15, 0.2) is 79.1 Å². The number of likely N-dealkylation sites (tertiary alicyclic amines) is 1. The average molecular weight is 497 g/mol. The smallest absolute Gasteiger partial charge is 0.224 e. The van der Waals surface area contributed by atoms with Crippen molar-refractivity contribution in [3.8, 4) is 5.75 Å². The summed E-state index contributed by atoms with van der Waals surface area (Å²) in [5, 5.41) is 4.45. The number of nitrogens with one attached hydrogen (secondary N) is 2. The van der Waals surface area contributed by atoms with Crippen LogP contribution >= 0.6 is 0 Å². The maximum absolute atomic E-state index is 13.3. The van der Waals surface area contributed by atoms with Gasteiger partial charge in [0.2, 0.25) is 5.91 Å². The van der Waals surface area contributed by atoms with Gasteiger partial charge in [0.15, 0.2) is 0 Å². The predicted octanol–water partition coefficient (Wildman–Crippen LogP) is 4.79. The number of aryl methyl sites for hydroxylation is 1. The molecule has 0 saturated carbocycles. The number of carbonyl (C=O) groups is 1. The van der Waals surface area contributed by atoms with E-state index in [1.165, 1.54) is 16.5 Å². The van der Waals surface area contributed by atoms with Gasteiger partial charge in [0, 0.05) is 54.9 Å². The molecule has 1 saturated heterocycles. The third-order valence-corrected chi connectivity index (χ3v) is 7.28. The second-order valence-electron chi connectivity index (χ2n) is 10.1. The van der Waals surface area contributed by atoms with Crippen molar-refractivity contribution < 1.29 is 9.53 Å². The molecule has 0 unspecified atom stereocenters. The van der Waals surface area contributed by atoms with E-state index in [-0.39, 0.29) is 17.7 Å². The summed E-state index contributed by atoms with van der Waals surface area (Å²) in [6, 6.07) is 22.8. The highest BCUT2D eigenvalue weighted by Crippen LogP contribution is 2.24. The largest absolute Gasteiger partial charge is 0.492 e. The lowest BCUT2D eigenvalue weighted by atomic mass is 9.88. The molecule has 1 aliphatic heterocycles. The van der Waals surface area contributed by atoms with Gasteiger partial charge in [0.05, 0.1) is 18.7 Å². The minimum atomic E-state index is -0.0442. The summed E-state index contributed by atoms with van der Waals surface area (Å²) < 4.78 is 6.09. The van der Waals surface area contributed by atoms with Gasteiger partial charge < -0.3 is 19.9 Å². The first-order chi connectivity index (χ1) is 18.1. The molecule has 2 aromatic carbocycles. The minimum absolute atomic E-state index is 0.0442. The quantitative estimate of drug-likeness (QED) is 0.331. The molecule has 3 heterocycles. The van der Waals surface area contributed by atoms with Gasteiger partial charge in [0.25, 0.3) is 0 Å². The van der Waals surface area contributed by atoms with E-state index in [2.05, 4.69) is 68.8 Å². The van der Waals surface area contributed by atoms with Crippen molar-refractivity contribution >= 4 is 16.8 Å². The molecule has 5 rings (SSSR count). The van der Waals surface area contributed by atoms with Gasteiger partial charge in [-0.3, -0.25) is 9.78 Å². The summed E-state index contributed by atoms with van der Waals surface area (Å²) in [4.78, 5) is 23.4. The Morgan fingerprint density at radius 1 is 1.05 bits per heavy atom. The number of benzene rings is 2. The summed E-state index contributed by atoms with van der Waals surface area (Å²) in [5.74, 6) is 1.17. The van der Waals surface area contributed by atoms with Crippen LogP contribution < -0.4 is 10.1 Å². The van der Waals surface area contributed by atoms with Gasteiger partial charge in [-0.15, -0.1) is 0 Å². The fourth-order valence-corrected chi connectivity index (χ4v) is 5.28. The van der Waals surface area contributed by atoms with Crippen LogP contribution in [0.4, 0.5) is 0 Å². The minimum Gasteiger partial charge on any atom is -0.492 e. The number of para-hydroxylation sites is 1. The molecule has 0 spiro atoms. The highest BCUT2D eigenvalue weighted by molar-refractivity contribution is 5.83. The number of aromatic amines is 1. The van der Waals surface area contributed by atoms with Gasteiger partial charge in [0.1, 0.15) is 5.75 Å². The van der Waals surface area contributed by atoms with Crippen molar-refractivity contribution in [2.75, 3.05) is 32.8 Å². The van der Waals surface area contributed by atoms with E-state index >= 15 is 0 Å². The van der Waals surface area contributed by atoms with Gasteiger partial charge >= 0.3 is 0 Å². The normalized spacial score (nSPS) is 18.1. The van der Waals surface area contributed by atoms with Gasteiger partial charge in [-0.2, -0.15) is 0 Å². The average Bonchev–Trinajstić information content (AvgIpc) is 3.35. The van der Waals surface area contributed by atoms with E-state index in [0.29, 0.717) is 13.2 Å². The van der Waals surface area contributed by atoms with Gasteiger partial charge in [-0.25, -0.2) is 0 Å². The number of hydrogen-bond acceptors (Lipinski definition) is 4. The lowest BCUT2D eigenvalue weighted by Gasteiger charge is -2.37. The number of ether oxygens (including phenoxy) is 1. The molecule has 1 fully saturated rings. The molecule has 37 heavy (non-hydrogen) atoms. The van der Waals surface area contributed by atoms with Crippen LogP contribution in [0.5, 0.6) is 5.75 Å². The standard InChI is InChI=1S/C31H36N4O2/c1-23-11-12-28(19-33-23)37-22-25-17-27(21-35(20-25)16-14-24-7-3-2-4-8-24)31(36)32-15-13-26-18-34-30-10-6-5-9-29(26)30/h2-12,18-19,25,27,34H,13-17,20-22H2,1H3,(H,32,36)/t25-,27+/m0/s1. The number of hydrogen-bond donors (Lipinski definition) is 2. The Bertz CT molecular complexity index is 1290. The Hall–Kier alpha value is -3.64. The lowest BCUT2D eigenvalue weighted by Crippen LogP contribution is -2.48. The van der Waals surface area contributed by atoms with Crippen LogP contribution in [0.3, 0.4) is 0 Å². The van der Waals surface area contributed by atoms with E-state index in [1.807, 2.05) is 31.2 Å². The van der Waals surface area contributed by atoms with Crippen molar-refractivity contribution in [3.05, 3.63) is 95.9 Å². The molecule has 2 aromatic heterocycles. The molecule has 2 atom stereocenters. The van der Waals surface area contributed by atoms with E-state index in [0.717, 1.165) is 55.9 Å². The predicted molar refractivity (Wildman–Crippen MR) is 148 cm³/mol.